The monoisotopic (exact) mass is 334 g/mol. The number of carbonyl (C=O) groups is 1. The molecule has 0 unspecified atom stereocenters. The van der Waals surface area contributed by atoms with Gasteiger partial charge in [-0.15, -0.1) is 0 Å². The normalized spacial score (nSPS) is 13.1. The summed E-state index contributed by atoms with van der Waals surface area (Å²) in [4.78, 5) is 11.9. The van der Waals surface area contributed by atoms with Crippen molar-refractivity contribution < 1.29 is 23.5 Å². The molecule has 1 rings (SSSR count). The molecule has 0 spiro atoms. The van der Waals surface area contributed by atoms with Crippen LogP contribution in [0.3, 0.4) is 0 Å². The van der Waals surface area contributed by atoms with Gasteiger partial charge in [-0.2, -0.15) is 0 Å². The number of hydrogen-bond donors (Lipinski definition) is 1. The fraction of sp³-hybridized carbons (Fsp3) is 0.500. The highest BCUT2D eigenvalue weighted by Crippen LogP contribution is 2.48. The molecule has 1 aromatic rings. The Morgan fingerprint density at radius 2 is 1.76 bits per heavy atom. The van der Waals surface area contributed by atoms with Crippen LogP contribution in [-0.2, 0) is 18.4 Å². The summed E-state index contributed by atoms with van der Waals surface area (Å²) >= 11 is 5.76. The molecule has 1 atom stereocenters. The van der Waals surface area contributed by atoms with Crippen molar-refractivity contribution in [3.8, 4) is 0 Å². The van der Waals surface area contributed by atoms with Crippen LogP contribution in [0, 0.1) is 0 Å². The molecule has 21 heavy (non-hydrogen) atoms. The fourth-order valence-corrected chi connectivity index (χ4v) is 3.55. The van der Waals surface area contributed by atoms with E-state index in [9.17, 15) is 14.5 Å². The minimum Gasteiger partial charge on any atom is -0.388 e. The van der Waals surface area contributed by atoms with Gasteiger partial charge in [0.1, 0.15) is 11.9 Å². The SMILES string of the molecule is CCOP(=O)(CC(=O)C[C@@H](O)c1ccc(Cl)cc1)OCC. The summed E-state index contributed by atoms with van der Waals surface area (Å²) in [5.41, 5.74) is 0.579. The number of halogens is 1. The average molecular weight is 335 g/mol. The van der Waals surface area contributed by atoms with Crippen LogP contribution in [0.1, 0.15) is 31.9 Å². The standard InChI is InChI=1S/C14H20ClO5P/c1-3-19-21(18,20-4-2)10-13(16)9-14(17)11-5-7-12(15)8-6-11/h5-8,14,17H,3-4,9-10H2,1-2H3/t14-/m1/s1. The van der Waals surface area contributed by atoms with Crippen molar-refractivity contribution in [1.82, 2.24) is 0 Å². The zero-order chi connectivity index (χ0) is 15.9. The van der Waals surface area contributed by atoms with E-state index in [-0.39, 0.29) is 31.6 Å². The van der Waals surface area contributed by atoms with Crippen LogP contribution in [0.2, 0.25) is 5.02 Å². The molecule has 0 heterocycles. The molecule has 0 radical (unpaired) electrons. The van der Waals surface area contributed by atoms with Crippen molar-refractivity contribution in [2.24, 2.45) is 0 Å². The fourth-order valence-electron chi connectivity index (χ4n) is 1.82. The number of aliphatic hydroxyl groups excluding tert-OH is 1. The summed E-state index contributed by atoms with van der Waals surface area (Å²) in [6, 6.07) is 6.56. The van der Waals surface area contributed by atoms with Crippen LogP contribution >= 0.6 is 19.2 Å². The zero-order valence-corrected chi connectivity index (χ0v) is 13.8. The van der Waals surface area contributed by atoms with E-state index in [1.807, 2.05) is 0 Å². The molecule has 0 aliphatic rings. The van der Waals surface area contributed by atoms with Crippen LogP contribution in [0.15, 0.2) is 24.3 Å². The molecule has 0 fully saturated rings. The van der Waals surface area contributed by atoms with E-state index in [0.717, 1.165) is 0 Å². The molecule has 0 aliphatic carbocycles. The summed E-state index contributed by atoms with van der Waals surface area (Å²) in [6.07, 6.45) is -1.45. The number of Topliss-reactive ketones (excluding diaryl/α,β-unsaturated/α-hetero) is 1. The molecule has 1 aromatic carbocycles. The highest BCUT2D eigenvalue weighted by atomic mass is 35.5. The van der Waals surface area contributed by atoms with E-state index in [0.29, 0.717) is 10.6 Å². The lowest BCUT2D eigenvalue weighted by Gasteiger charge is -2.17. The first kappa shape index (κ1) is 18.3. The summed E-state index contributed by atoms with van der Waals surface area (Å²) in [6.45, 7) is 3.76. The van der Waals surface area contributed by atoms with E-state index in [1.54, 1.807) is 38.1 Å². The first-order chi connectivity index (χ1) is 9.90. The Morgan fingerprint density at radius 3 is 2.24 bits per heavy atom. The van der Waals surface area contributed by atoms with E-state index in [4.69, 9.17) is 20.6 Å². The van der Waals surface area contributed by atoms with Gasteiger partial charge in [0, 0.05) is 11.4 Å². The van der Waals surface area contributed by atoms with E-state index in [1.165, 1.54) is 0 Å². The average Bonchev–Trinajstić information content (AvgIpc) is 2.39. The lowest BCUT2D eigenvalue weighted by atomic mass is 10.1. The quantitative estimate of drug-likeness (QED) is 0.698. The first-order valence-corrected chi connectivity index (χ1v) is 8.84. The van der Waals surface area contributed by atoms with E-state index < -0.39 is 13.7 Å². The number of hydrogen-bond acceptors (Lipinski definition) is 5. The van der Waals surface area contributed by atoms with Crippen LogP contribution in [0.5, 0.6) is 0 Å². The van der Waals surface area contributed by atoms with Gasteiger partial charge in [0.15, 0.2) is 0 Å². The van der Waals surface area contributed by atoms with Gasteiger partial charge in [0.05, 0.1) is 19.3 Å². The third-order valence-electron chi connectivity index (χ3n) is 2.70. The molecule has 1 N–H and O–H groups in total. The number of rotatable bonds is 9. The van der Waals surface area contributed by atoms with Gasteiger partial charge >= 0.3 is 7.60 Å². The van der Waals surface area contributed by atoms with Gasteiger partial charge in [-0.3, -0.25) is 9.36 Å². The minimum atomic E-state index is -3.41. The Kier molecular flexibility index (Phi) is 7.57. The Balaban J connectivity index is 2.63. The van der Waals surface area contributed by atoms with Crippen molar-refractivity contribution in [3.63, 3.8) is 0 Å². The number of aliphatic hydroxyl groups is 1. The Morgan fingerprint density at radius 1 is 1.24 bits per heavy atom. The molecule has 118 valence electrons. The van der Waals surface area contributed by atoms with Gasteiger partial charge in [-0.25, -0.2) is 0 Å². The van der Waals surface area contributed by atoms with Gasteiger partial charge in [0.2, 0.25) is 0 Å². The summed E-state index contributed by atoms with van der Waals surface area (Å²) in [5, 5.41) is 10.6. The van der Waals surface area contributed by atoms with Crippen molar-refractivity contribution >= 4 is 25.0 Å². The smallest absolute Gasteiger partial charge is 0.338 e. The van der Waals surface area contributed by atoms with Crippen LogP contribution in [0.4, 0.5) is 0 Å². The topological polar surface area (TPSA) is 72.8 Å². The second kappa shape index (κ2) is 8.66. The Bertz CT molecular complexity index is 493. The molecule has 0 aromatic heterocycles. The second-order valence-corrected chi connectivity index (χ2v) is 6.91. The molecule has 0 bridgehead atoms. The van der Waals surface area contributed by atoms with Crippen molar-refractivity contribution in [3.05, 3.63) is 34.9 Å². The number of benzene rings is 1. The lowest BCUT2D eigenvalue weighted by molar-refractivity contribution is -0.118. The maximum Gasteiger partial charge on any atom is 0.338 e. The highest BCUT2D eigenvalue weighted by Gasteiger charge is 2.28. The van der Waals surface area contributed by atoms with Crippen LogP contribution in [0.25, 0.3) is 0 Å². The summed E-state index contributed by atoms with van der Waals surface area (Å²) in [5.74, 6) is -0.373. The summed E-state index contributed by atoms with van der Waals surface area (Å²) in [7, 11) is -3.41. The summed E-state index contributed by atoms with van der Waals surface area (Å²) < 4.78 is 22.3. The second-order valence-electron chi connectivity index (χ2n) is 4.41. The molecule has 0 amide bonds. The molecule has 0 saturated heterocycles. The molecule has 7 heteroatoms. The Labute approximate surface area is 129 Å². The first-order valence-electron chi connectivity index (χ1n) is 6.73. The molecular weight excluding hydrogens is 315 g/mol. The third-order valence-corrected chi connectivity index (χ3v) is 4.99. The lowest BCUT2D eigenvalue weighted by Crippen LogP contribution is -2.13. The molecule has 5 nitrogen and oxygen atoms in total. The number of carbonyl (C=O) groups excluding carboxylic acids is 1. The highest BCUT2D eigenvalue weighted by molar-refractivity contribution is 7.54. The van der Waals surface area contributed by atoms with Crippen molar-refractivity contribution in [2.75, 3.05) is 19.4 Å². The molecule has 0 saturated carbocycles. The van der Waals surface area contributed by atoms with Gasteiger partial charge in [-0.1, -0.05) is 23.7 Å². The van der Waals surface area contributed by atoms with E-state index >= 15 is 0 Å². The maximum absolute atomic E-state index is 12.2. The van der Waals surface area contributed by atoms with Crippen LogP contribution < -0.4 is 0 Å². The predicted molar refractivity (Wildman–Crippen MR) is 81.8 cm³/mol. The predicted octanol–water partition coefficient (Wildman–Crippen LogP) is 3.60. The van der Waals surface area contributed by atoms with Crippen LogP contribution in [-0.4, -0.2) is 30.3 Å². The van der Waals surface area contributed by atoms with Gasteiger partial charge in [0.25, 0.3) is 0 Å². The van der Waals surface area contributed by atoms with Gasteiger partial charge < -0.3 is 14.2 Å². The van der Waals surface area contributed by atoms with Crippen molar-refractivity contribution in [1.29, 1.82) is 0 Å². The van der Waals surface area contributed by atoms with E-state index in [2.05, 4.69) is 0 Å². The zero-order valence-electron chi connectivity index (χ0n) is 12.1. The van der Waals surface area contributed by atoms with Crippen molar-refractivity contribution in [2.45, 2.75) is 26.4 Å². The maximum atomic E-state index is 12.2. The molecular formula is C14H20ClO5P. The largest absolute Gasteiger partial charge is 0.388 e. The third kappa shape index (κ3) is 6.29. The molecule has 0 aliphatic heterocycles. The number of ketones is 1. The van der Waals surface area contributed by atoms with Gasteiger partial charge in [-0.05, 0) is 31.5 Å². The minimum absolute atomic E-state index is 0.147. The Hall–Kier alpha value is -0.710.